The summed E-state index contributed by atoms with van der Waals surface area (Å²) in [4.78, 5) is 17.8. The van der Waals surface area contributed by atoms with E-state index < -0.39 is 5.97 Å². The van der Waals surface area contributed by atoms with Crippen molar-refractivity contribution >= 4 is 17.4 Å². The molecule has 34 heavy (non-hydrogen) atoms. The Bertz CT molecular complexity index is 1170. The first-order valence-electron chi connectivity index (χ1n) is 11.7. The first-order valence-corrected chi connectivity index (χ1v) is 11.7. The zero-order valence-electron chi connectivity index (χ0n) is 19.7. The number of pyridine rings is 1. The van der Waals surface area contributed by atoms with Crippen LogP contribution >= 0.6 is 0 Å². The van der Waals surface area contributed by atoms with Crippen LogP contribution in [0.2, 0.25) is 0 Å². The van der Waals surface area contributed by atoms with Gasteiger partial charge in [-0.25, -0.2) is 0 Å². The lowest BCUT2D eigenvalue weighted by molar-refractivity contribution is -0.142. The molecule has 1 atom stereocenters. The summed E-state index contributed by atoms with van der Waals surface area (Å²) < 4.78 is 0. The Labute approximate surface area is 200 Å². The van der Waals surface area contributed by atoms with Gasteiger partial charge in [0.15, 0.2) is 0 Å². The fourth-order valence-electron chi connectivity index (χ4n) is 4.82. The average molecular weight is 458 g/mol. The molecule has 176 valence electrons. The summed E-state index contributed by atoms with van der Waals surface area (Å²) in [6.45, 7) is 5.53. The van der Waals surface area contributed by atoms with E-state index in [0.717, 1.165) is 35.6 Å². The Morgan fingerprint density at radius 3 is 2.41 bits per heavy atom. The highest BCUT2D eigenvalue weighted by Gasteiger charge is 2.25. The zero-order valence-corrected chi connectivity index (χ0v) is 19.7. The third-order valence-corrected chi connectivity index (χ3v) is 6.82. The van der Waals surface area contributed by atoms with Gasteiger partial charge in [0.25, 0.3) is 0 Å². The molecule has 1 saturated heterocycles. The maximum atomic E-state index is 11.3. The van der Waals surface area contributed by atoms with Crippen LogP contribution in [0.15, 0.2) is 72.0 Å². The number of aryl methyl sites for hydroxylation is 2. The fourth-order valence-corrected chi connectivity index (χ4v) is 4.82. The SMILES string of the molecule is Cc1cc(/C(C[C@H](c2ccc(N3CCC(C(=O)O)CC3)cc2)c2ccccc2C)=N\O)ccn1. The Kier molecular flexibility index (Phi) is 7.26. The summed E-state index contributed by atoms with van der Waals surface area (Å²) in [5, 5.41) is 22.8. The van der Waals surface area contributed by atoms with Crippen molar-refractivity contribution in [2.24, 2.45) is 11.1 Å². The van der Waals surface area contributed by atoms with Gasteiger partial charge in [0.05, 0.1) is 11.6 Å². The highest BCUT2D eigenvalue weighted by Crippen LogP contribution is 2.33. The molecule has 0 radical (unpaired) electrons. The van der Waals surface area contributed by atoms with E-state index in [4.69, 9.17) is 0 Å². The molecule has 0 saturated carbocycles. The monoisotopic (exact) mass is 457 g/mol. The van der Waals surface area contributed by atoms with E-state index in [9.17, 15) is 15.1 Å². The van der Waals surface area contributed by atoms with Crippen molar-refractivity contribution in [2.75, 3.05) is 18.0 Å². The molecule has 2 N–H and O–H groups in total. The number of carboxylic acid groups (broad SMARTS) is 1. The molecule has 1 aliphatic rings. The molecule has 1 aromatic heterocycles. The quantitative estimate of drug-likeness (QED) is 0.282. The molecule has 0 aliphatic carbocycles. The van der Waals surface area contributed by atoms with Crippen molar-refractivity contribution in [1.29, 1.82) is 0 Å². The van der Waals surface area contributed by atoms with Crippen LogP contribution in [0.5, 0.6) is 0 Å². The fraction of sp³-hybridized carbons (Fsp3) is 0.321. The predicted molar refractivity (Wildman–Crippen MR) is 134 cm³/mol. The number of hydrogen-bond donors (Lipinski definition) is 2. The van der Waals surface area contributed by atoms with E-state index in [1.54, 1.807) is 6.20 Å². The van der Waals surface area contributed by atoms with Gasteiger partial charge >= 0.3 is 5.97 Å². The summed E-state index contributed by atoms with van der Waals surface area (Å²) in [7, 11) is 0. The van der Waals surface area contributed by atoms with Crippen molar-refractivity contribution < 1.29 is 15.1 Å². The molecule has 6 heteroatoms. The lowest BCUT2D eigenvalue weighted by atomic mass is 9.83. The lowest BCUT2D eigenvalue weighted by Gasteiger charge is -2.32. The topological polar surface area (TPSA) is 86.0 Å². The summed E-state index contributed by atoms with van der Waals surface area (Å²) in [5.41, 5.74) is 7.01. The highest BCUT2D eigenvalue weighted by molar-refractivity contribution is 6.01. The molecule has 2 heterocycles. The predicted octanol–water partition coefficient (Wildman–Crippen LogP) is 5.40. The minimum atomic E-state index is -0.693. The number of carbonyl (C=O) groups is 1. The number of rotatable bonds is 7. The Hall–Kier alpha value is -3.67. The summed E-state index contributed by atoms with van der Waals surface area (Å²) in [5.74, 6) is -0.914. The molecule has 0 spiro atoms. The minimum Gasteiger partial charge on any atom is -0.481 e. The van der Waals surface area contributed by atoms with Crippen molar-refractivity contribution in [2.45, 2.75) is 39.0 Å². The van der Waals surface area contributed by atoms with Gasteiger partial charge in [-0.1, -0.05) is 41.6 Å². The van der Waals surface area contributed by atoms with Crippen molar-refractivity contribution in [3.63, 3.8) is 0 Å². The number of aliphatic carboxylic acids is 1. The first-order chi connectivity index (χ1) is 16.5. The molecule has 1 fully saturated rings. The van der Waals surface area contributed by atoms with Gasteiger partial charge in [-0.15, -0.1) is 0 Å². The molecular weight excluding hydrogens is 426 g/mol. The number of hydrogen-bond acceptors (Lipinski definition) is 5. The molecule has 4 rings (SSSR count). The minimum absolute atomic E-state index is 0.0207. The molecular formula is C28H31N3O3. The molecule has 6 nitrogen and oxygen atoms in total. The van der Waals surface area contributed by atoms with Gasteiger partial charge in [0.1, 0.15) is 0 Å². The number of aromatic nitrogens is 1. The summed E-state index contributed by atoms with van der Waals surface area (Å²) >= 11 is 0. The third-order valence-electron chi connectivity index (χ3n) is 6.82. The molecule has 0 bridgehead atoms. The van der Waals surface area contributed by atoms with Crippen LogP contribution in [0.25, 0.3) is 0 Å². The summed E-state index contributed by atoms with van der Waals surface area (Å²) in [6, 6.07) is 20.7. The van der Waals surface area contributed by atoms with Crippen LogP contribution in [-0.4, -0.2) is 40.1 Å². The van der Waals surface area contributed by atoms with E-state index in [-0.39, 0.29) is 11.8 Å². The number of anilines is 1. The van der Waals surface area contributed by atoms with E-state index >= 15 is 0 Å². The Balaban J connectivity index is 1.61. The van der Waals surface area contributed by atoms with E-state index in [1.807, 2.05) is 31.2 Å². The first kappa shape index (κ1) is 23.5. The van der Waals surface area contributed by atoms with Crippen molar-refractivity contribution in [3.05, 3.63) is 94.8 Å². The molecule has 0 unspecified atom stereocenters. The van der Waals surface area contributed by atoms with Gasteiger partial charge in [-0.05, 0) is 67.6 Å². The second-order valence-electron chi connectivity index (χ2n) is 9.04. The van der Waals surface area contributed by atoms with Crippen LogP contribution in [0.4, 0.5) is 5.69 Å². The van der Waals surface area contributed by atoms with Gasteiger partial charge < -0.3 is 15.2 Å². The highest BCUT2D eigenvalue weighted by atomic mass is 16.4. The second kappa shape index (κ2) is 10.5. The normalized spacial score (nSPS) is 15.8. The maximum absolute atomic E-state index is 11.3. The van der Waals surface area contributed by atoms with Gasteiger partial charge in [0, 0.05) is 48.6 Å². The summed E-state index contributed by atoms with van der Waals surface area (Å²) in [6.07, 6.45) is 3.63. The van der Waals surface area contributed by atoms with Crippen LogP contribution in [-0.2, 0) is 4.79 Å². The number of carboxylic acids is 1. The van der Waals surface area contributed by atoms with Gasteiger partial charge in [0.2, 0.25) is 0 Å². The third kappa shape index (κ3) is 5.28. The Morgan fingerprint density at radius 2 is 1.79 bits per heavy atom. The molecule has 3 aromatic rings. The van der Waals surface area contributed by atoms with Gasteiger partial charge in [-0.2, -0.15) is 0 Å². The molecule has 1 aliphatic heterocycles. The second-order valence-corrected chi connectivity index (χ2v) is 9.04. The lowest BCUT2D eigenvalue weighted by Crippen LogP contribution is -2.36. The smallest absolute Gasteiger partial charge is 0.306 e. The number of piperidine rings is 1. The number of benzene rings is 2. The van der Waals surface area contributed by atoms with Crippen molar-refractivity contribution in [3.8, 4) is 0 Å². The van der Waals surface area contributed by atoms with Gasteiger partial charge in [-0.3, -0.25) is 9.78 Å². The molecule has 2 aromatic carbocycles. The largest absolute Gasteiger partial charge is 0.481 e. The van der Waals surface area contributed by atoms with Crippen LogP contribution in [0.3, 0.4) is 0 Å². The van der Waals surface area contributed by atoms with E-state index in [0.29, 0.717) is 25.0 Å². The van der Waals surface area contributed by atoms with E-state index in [2.05, 4.69) is 58.4 Å². The number of nitrogens with zero attached hydrogens (tertiary/aromatic N) is 3. The molecule has 0 amide bonds. The van der Waals surface area contributed by atoms with Crippen LogP contribution in [0.1, 0.15) is 53.1 Å². The number of oxime groups is 1. The van der Waals surface area contributed by atoms with E-state index in [1.165, 1.54) is 11.1 Å². The average Bonchev–Trinajstić information content (AvgIpc) is 2.86. The standard InChI is InChI=1S/C28H31N3O3/c1-19-5-3-4-6-25(19)26(18-27(30-34)23-11-14-29-20(2)17-23)21-7-9-24(10-8-21)31-15-12-22(13-16-31)28(32)33/h3-11,14,17,22,26,34H,12-13,15-16,18H2,1-2H3,(H,32,33)/b30-27-/t26-/m1/s1. The zero-order chi connectivity index (χ0) is 24.1. The Morgan fingerprint density at radius 1 is 1.09 bits per heavy atom. The maximum Gasteiger partial charge on any atom is 0.306 e. The van der Waals surface area contributed by atoms with Crippen molar-refractivity contribution in [1.82, 2.24) is 4.98 Å². The van der Waals surface area contributed by atoms with Crippen LogP contribution < -0.4 is 4.90 Å². The van der Waals surface area contributed by atoms with Crippen LogP contribution in [0, 0.1) is 19.8 Å².